The van der Waals surface area contributed by atoms with Gasteiger partial charge in [-0.3, -0.25) is 4.90 Å². The van der Waals surface area contributed by atoms with Crippen LogP contribution in [0.25, 0.3) is 0 Å². The van der Waals surface area contributed by atoms with Crippen LogP contribution < -0.4 is 15.4 Å². The molecule has 2 saturated heterocycles. The minimum Gasteiger partial charge on any atom is -0.488 e. The van der Waals surface area contributed by atoms with Crippen molar-refractivity contribution in [2.24, 2.45) is 4.99 Å². The molecule has 2 unspecified atom stereocenters. The Morgan fingerprint density at radius 3 is 2.86 bits per heavy atom. The van der Waals surface area contributed by atoms with Crippen LogP contribution in [0.4, 0.5) is 0 Å². The van der Waals surface area contributed by atoms with Crippen LogP contribution in [0.15, 0.2) is 23.2 Å². The molecule has 3 rings (SSSR count). The summed E-state index contributed by atoms with van der Waals surface area (Å²) in [6.45, 7) is 12.6. The first-order valence-electron chi connectivity index (χ1n) is 10.8. The molecule has 164 valence electrons. The standard InChI is InChI=1S/C22H36N4O2.HI/c1-4-23-22(25-15-19-7-6-11-26(19)5-2)24-14-18-9-8-17(3)13-21(18)28-20-10-12-27-16-20;/h8-9,13,19-20H,4-7,10-12,14-16H2,1-3H3,(H2,23,24,25);1H. The third-order valence-electron chi connectivity index (χ3n) is 5.57. The quantitative estimate of drug-likeness (QED) is 0.316. The molecule has 2 aliphatic heterocycles. The van der Waals surface area contributed by atoms with E-state index in [-0.39, 0.29) is 30.1 Å². The fourth-order valence-corrected chi connectivity index (χ4v) is 3.95. The van der Waals surface area contributed by atoms with Crippen LogP contribution in [0.5, 0.6) is 5.75 Å². The average molecular weight is 516 g/mol. The van der Waals surface area contributed by atoms with Crippen LogP contribution >= 0.6 is 24.0 Å². The molecule has 1 aromatic carbocycles. The lowest BCUT2D eigenvalue weighted by atomic mass is 10.1. The van der Waals surface area contributed by atoms with Gasteiger partial charge >= 0.3 is 0 Å². The van der Waals surface area contributed by atoms with Crippen molar-refractivity contribution < 1.29 is 9.47 Å². The first-order chi connectivity index (χ1) is 13.7. The summed E-state index contributed by atoms with van der Waals surface area (Å²) < 4.78 is 11.7. The molecule has 2 aliphatic rings. The molecule has 0 aliphatic carbocycles. The Balaban J connectivity index is 0.00000300. The lowest BCUT2D eigenvalue weighted by Gasteiger charge is -2.24. The van der Waals surface area contributed by atoms with Crippen LogP contribution in [0.1, 0.15) is 44.2 Å². The van der Waals surface area contributed by atoms with Crippen molar-refractivity contribution in [2.45, 2.75) is 58.7 Å². The second kappa shape index (κ2) is 12.6. The van der Waals surface area contributed by atoms with Gasteiger partial charge in [0.1, 0.15) is 11.9 Å². The third-order valence-corrected chi connectivity index (χ3v) is 5.57. The molecule has 0 saturated carbocycles. The molecule has 2 fully saturated rings. The molecule has 0 radical (unpaired) electrons. The molecular formula is C22H37IN4O2. The van der Waals surface area contributed by atoms with E-state index in [2.05, 4.69) is 54.5 Å². The number of hydrogen-bond acceptors (Lipinski definition) is 4. The van der Waals surface area contributed by atoms with Gasteiger partial charge in [0.2, 0.25) is 0 Å². The zero-order valence-electron chi connectivity index (χ0n) is 18.1. The van der Waals surface area contributed by atoms with Gasteiger partial charge in [-0.15, -0.1) is 24.0 Å². The highest BCUT2D eigenvalue weighted by Crippen LogP contribution is 2.24. The number of rotatable bonds is 8. The molecule has 1 aromatic rings. The Bertz CT molecular complexity index is 650. The maximum absolute atomic E-state index is 6.21. The number of guanidine groups is 1. The highest BCUT2D eigenvalue weighted by Gasteiger charge is 2.23. The van der Waals surface area contributed by atoms with Crippen LogP contribution in [0.3, 0.4) is 0 Å². The van der Waals surface area contributed by atoms with Crippen LogP contribution in [0.2, 0.25) is 0 Å². The molecule has 0 aromatic heterocycles. The first-order valence-corrected chi connectivity index (χ1v) is 10.8. The molecule has 6 nitrogen and oxygen atoms in total. The number of halogens is 1. The van der Waals surface area contributed by atoms with Crippen molar-refractivity contribution in [2.75, 3.05) is 39.4 Å². The maximum Gasteiger partial charge on any atom is 0.191 e. The largest absolute Gasteiger partial charge is 0.488 e. The van der Waals surface area contributed by atoms with E-state index in [1.807, 2.05) is 0 Å². The molecule has 2 atom stereocenters. The SMILES string of the molecule is CCNC(=NCc1ccc(C)cc1OC1CCOC1)NCC1CCCN1CC.I. The van der Waals surface area contributed by atoms with Crippen LogP contribution in [-0.2, 0) is 11.3 Å². The summed E-state index contributed by atoms with van der Waals surface area (Å²) in [5, 5.41) is 6.91. The Labute approximate surface area is 192 Å². The Morgan fingerprint density at radius 2 is 2.14 bits per heavy atom. The third kappa shape index (κ3) is 7.29. The second-order valence-corrected chi connectivity index (χ2v) is 7.72. The van der Waals surface area contributed by atoms with Crippen molar-refractivity contribution in [3.05, 3.63) is 29.3 Å². The van der Waals surface area contributed by atoms with Crippen molar-refractivity contribution in [1.29, 1.82) is 0 Å². The summed E-state index contributed by atoms with van der Waals surface area (Å²) in [5.74, 6) is 1.81. The van der Waals surface area contributed by atoms with E-state index >= 15 is 0 Å². The minimum atomic E-state index is 0. The normalized spacial score (nSPS) is 22.4. The number of likely N-dealkylation sites (N-methyl/N-ethyl adjacent to an activating group) is 1. The smallest absolute Gasteiger partial charge is 0.191 e. The predicted molar refractivity (Wildman–Crippen MR) is 130 cm³/mol. The zero-order chi connectivity index (χ0) is 19.8. The Hall–Kier alpha value is -1.06. The Morgan fingerprint density at radius 1 is 1.28 bits per heavy atom. The van der Waals surface area contributed by atoms with Gasteiger partial charge in [-0.25, -0.2) is 4.99 Å². The van der Waals surface area contributed by atoms with E-state index in [9.17, 15) is 0 Å². The monoisotopic (exact) mass is 516 g/mol. The maximum atomic E-state index is 6.21. The van der Waals surface area contributed by atoms with Gasteiger partial charge in [0.25, 0.3) is 0 Å². The van der Waals surface area contributed by atoms with E-state index in [4.69, 9.17) is 14.5 Å². The fraction of sp³-hybridized carbons (Fsp3) is 0.682. The molecule has 7 heteroatoms. The second-order valence-electron chi connectivity index (χ2n) is 7.72. The molecule has 0 bridgehead atoms. The molecule has 29 heavy (non-hydrogen) atoms. The molecule has 2 N–H and O–H groups in total. The van der Waals surface area contributed by atoms with Gasteiger partial charge in [-0.05, 0) is 51.4 Å². The van der Waals surface area contributed by atoms with Crippen LogP contribution in [-0.4, -0.2) is 62.4 Å². The summed E-state index contributed by atoms with van der Waals surface area (Å²) in [6.07, 6.45) is 3.66. The summed E-state index contributed by atoms with van der Waals surface area (Å²) >= 11 is 0. The highest BCUT2D eigenvalue weighted by molar-refractivity contribution is 14.0. The number of ether oxygens (including phenoxy) is 2. The molecule has 0 spiro atoms. The van der Waals surface area contributed by atoms with E-state index in [0.717, 1.165) is 49.9 Å². The minimum absolute atomic E-state index is 0. The number of nitrogens with one attached hydrogen (secondary N) is 2. The Kier molecular flexibility index (Phi) is 10.5. The first kappa shape index (κ1) is 24.2. The molecule has 2 heterocycles. The van der Waals surface area contributed by atoms with Gasteiger partial charge in [-0.1, -0.05) is 19.1 Å². The summed E-state index contributed by atoms with van der Waals surface area (Å²) in [4.78, 5) is 7.37. The summed E-state index contributed by atoms with van der Waals surface area (Å²) in [7, 11) is 0. The van der Waals surface area contributed by atoms with Gasteiger partial charge < -0.3 is 20.1 Å². The van der Waals surface area contributed by atoms with Gasteiger partial charge in [0.15, 0.2) is 5.96 Å². The average Bonchev–Trinajstić information content (AvgIpc) is 3.36. The number of aryl methyl sites for hydroxylation is 1. The van der Waals surface area contributed by atoms with Crippen molar-refractivity contribution in [3.8, 4) is 5.75 Å². The highest BCUT2D eigenvalue weighted by atomic mass is 127. The number of nitrogens with zero attached hydrogens (tertiary/aromatic N) is 2. The molecular weight excluding hydrogens is 479 g/mol. The predicted octanol–water partition coefficient (Wildman–Crippen LogP) is 3.32. The fourth-order valence-electron chi connectivity index (χ4n) is 3.95. The number of aliphatic imine (C=N–C) groups is 1. The number of hydrogen-bond donors (Lipinski definition) is 2. The van der Waals surface area contributed by atoms with E-state index < -0.39 is 0 Å². The van der Waals surface area contributed by atoms with E-state index in [1.54, 1.807) is 0 Å². The summed E-state index contributed by atoms with van der Waals surface area (Å²) in [5.41, 5.74) is 2.32. The topological polar surface area (TPSA) is 58.1 Å². The summed E-state index contributed by atoms with van der Waals surface area (Å²) in [6, 6.07) is 6.97. The molecule has 0 amide bonds. The van der Waals surface area contributed by atoms with Gasteiger partial charge in [0.05, 0.1) is 19.8 Å². The number of likely N-dealkylation sites (tertiary alicyclic amines) is 1. The van der Waals surface area contributed by atoms with E-state index in [0.29, 0.717) is 19.2 Å². The van der Waals surface area contributed by atoms with Crippen molar-refractivity contribution >= 4 is 29.9 Å². The lowest BCUT2D eigenvalue weighted by molar-refractivity contribution is 0.140. The van der Waals surface area contributed by atoms with Crippen molar-refractivity contribution in [1.82, 2.24) is 15.5 Å². The zero-order valence-corrected chi connectivity index (χ0v) is 20.4. The lowest BCUT2D eigenvalue weighted by Crippen LogP contribution is -2.44. The van der Waals surface area contributed by atoms with E-state index in [1.165, 1.54) is 24.9 Å². The van der Waals surface area contributed by atoms with Crippen molar-refractivity contribution in [3.63, 3.8) is 0 Å². The van der Waals surface area contributed by atoms with Crippen LogP contribution in [0, 0.1) is 6.92 Å². The number of benzene rings is 1. The van der Waals surface area contributed by atoms with Gasteiger partial charge in [0, 0.05) is 31.1 Å². The van der Waals surface area contributed by atoms with Gasteiger partial charge in [-0.2, -0.15) is 0 Å².